The Morgan fingerprint density at radius 3 is 2.83 bits per heavy atom. The van der Waals surface area contributed by atoms with E-state index in [4.69, 9.17) is 0 Å². The molecule has 0 amide bonds. The van der Waals surface area contributed by atoms with Crippen molar-refractivity contribution in [3.05, 3.63) is 11.8 Å². The van der Waals surface area contributed by atoms with Crippen LogP contribution in [0.1, 0.15) is 37.7 Å². The average Bonchev–Trinajstić information content (AvgIpc) is 2.58. The van der Waals surface area contributed by atoms with Crippen molar-refractivity contribution in [3.63, 3.8) is 0 Å². The largest absolute Gasteiger partial charge is 0.391 e. The Kier molecular flexibility index (Phi) is 4.36. The van der Waals surface area contributed by atoms with Crippen LogP contribution in [0.3, 0.4) is 0 Å². The molecule has 0 aliphatic heterocycles. The minimum Gasteiger partial charge on any atom is -0.391 e. The van der Waals surface area contributed by atoms with Gasteiger partial charge in [0, 0.05) is 18.8 Å². The molecule has 0 spiro atoms. The quantitative estimate of drug-likeness (QED) is 0.715. The molecule has 2 rings (SSSR count). The average molecular weight is 250 g/mol. The van der Waals surface area contributed by atoms with Crippen LogP contribution in [-0.2, 0) is 0 Å². The maximum Gasteiger partial charge on any atom is 0.224 e. The van der Waals surface area contributed by atoms with Gasteiger partial charge in [0.25, 0.3) is 0 Å². The third-order valence-electron chi connectivity index (χ3n) is 3.50. The first-order valence-corrected chi connectivity index (χ1v) is 6.66. The van der Waals surface area contributed by atoms with Gasteiger partial charge in [-0.15, -0.1) is 0 Å². The maximum atomic E-state index is 10.1. The molecule has 1 fully saturated rings. The Balaban J connectivity index is 2.11. The number of hydrogen-bond donors (Lipinski definition) is 3. The molecule has 2 unspecified atom stereocenters. The van der Waals surface area contributed by atoms with E-state index in [9.17, 15) is 5.11 Å². The van der Waals surface area contributed by atoms with Crippen molar-refractivity contribution >= 4 is 11.8 Å². The first-order chi connectivity index (χ1) is 8.70. The molecule has 18 heavy (non-hydrogen) atoms. The molecule has 0 aromatic carbocycles. The second-order valence-corrected chi connectivity index (χ2v) is 4.93. The topological polar surface area (TPSA) is 70.1 Å². The summed E-state index contributed by atoms with van der Waals surface area (Å²) >= 11 is 0. The van der Waals surface area contributed by atoms with Gasteiger partial charge in [-0.05, 0) is 19.8 Å². The lowest BCUT2D eigenvalue weighted by molar-refractivity contribution is 0.144. The lowest BCUT2D eigenvalue weighted by Crippen LogP contribution is -2.33. The summed E-state index contributed by atoms with van der Waals surface area (Å²) in [7, 11) is 1.80. The molecule has 0 radical (unpaired) electrons. The summed E-state index contributed by atoms with van der Waals surface area (Å²) in [5, 5.41) is 16.4. The first kappa shape index (κ1) is 13.1. The summed E-state index contributed by atoms with van der Waals surface area (Å²) in [6, 6.07) is 0.103. The lowest BCUT2D eigenvalue weighted by Gasteiger charge is -2.23. The van der Waals surface area contributed by atoms with Gasteiger partial charge < -0.3 is 15.7 Å². The minimum atomic E-state index is -0.278. The number of aryl methyl sites for hydroxylation is 1. The molecule has 5 heteroatoms. The van der Waals surface area contributed by atoms with Crippen LogP contribution in [0.15, 0.2) is 6.20 Å². The highest BCUT2D eigenvalue weighted by Crippen LogP contribution is 2.22. The van der Waals surface area contributed by atoms with Gasteiger partial charge in [-0.2, -0.15) is 4.98 Å². The molecule has 1 aromatic heterocycles. The van der Waals surface area contributed by atoms with Crippen LogP contribution in [0.5, 0.6) is 0 Å². The number of aliphatic hydroxyl groups is 1. The second kappa shape index (κ2) is 6.00. The number of nitrogens with one attached hydrogen (secondary N) is 2. The predicted octanol–water partition coefficient (Wildman–Crippen LogP) is 1.93. The predicted molar refractivity (Wildman–Crippen MR) is 72.8 cm³/mol. The van der Waals surface area contributed by atoms with Gasteiger partial charge in [-0.25, -0.2) is 4.98 Å². The zero-order valence-electron chi connectivity index (χ0n) is 11.1. The Morgan fingerprint density at radius 1 is 1.28 bits per heavy atom. The summed E-state index contributed by atoms with van der Waals surface area (Å²) in [6.07, 6.45) is 6.88. The summed E-state index contributed by atoms with van der Waals surface area (Å²) < 4.78 is 0. The van der Waals surface area contributed by atoms with Crippen molar-refractivity contribution in [1.82, 2.24) is 9.97 Å². The minimum absolute atomic E-state index is 0.103. The van der Waals surface area contributed by atoms with Gasteiger partial charge in [0.05, 0.1) is 12.1 Å². The van der Waals surface area contributed by atoms with Gasteiger partial charge in [0.1, 0.15) is 5.82 Å². The Morgan fingerprint density at radius 2 is 2.06 bits per heavy atom. The zero-order valence-corrected chi connectivity index (χ0v) is 11.1. The van der Waals surface area contributed by atoms with Crippen LogP contribution >= 0.6 is 0 Å². The molecule has 0 bridgehead atoms. The molecular weight excluding hydrogens is 228 g/mol. The number of aliphatic hydroxyl groups excluding tert-OH is 1. The van der Waals surface area contributed by atoms with E-state index in [1.165, 1.54) is 6.42 Å². The molecule has 1 heterocycles. The molecule has 2 atom stereocenters. The van der Waals surface area contributed by atoms with Gasteiger partial charge in [-0.1, -0.05) is 19.3 Å². The molecule has 3 N–H and O–H groups in total. The SMILES string of the molecule is CNc1ncc(C)c(NC2CCCCCC2O)n1. The molecule has 100 valence electrons. The molecule has 1 aliphatic rings. The lowest BCUT2D eigenvalue weighted by atomic mass is 10.1. The van der Waals surface area contributed by atoms with Gasteiger partial charge in [0.15, 0.2) is 0 Å². The number of anilines is 2. The summed E-state index contributed by atoms with van der Waals surface area (Å²) in [6.45, 7) is 1.98. The van der Waals surface area contributed by atoms with Crippen LogP contribution in [0.4, 0.5) is 11.8 Å². The Labute approximate surface area is 108 Å². The van der Waals surface area contributed by atoms with Crippen LogP contribution in [0, 0.1) is 6.92 Å². The van der Waals surface area contributed by atoms with Crippen molar-refractivity contribution < 1.29 is 5.11 Å². The van der Waals surface area contributed by atoms with E-state index in [-0.39, 0.29) is 12.1 Å². The summed E-state index contributed by atoms with van der Waals surface area (Å²) in [5.41, 5.74) is 1.01. The molecule has 1 aromatic rings. The zero-order chi connectivity index (χ0) is 13.0. The third-order valence-corrected chi connectivity index (χ3v) is 3.50. The smallest absolute Gasteiger partial charge is 0.224 e. The van der Waals surface area contributed by atoms with Crippen LogP contribution in [-0.4, -0.2) is 34.3 Å². The fraction of sp³-hybridized carbons (Fsp3) is 0.692. The van der Waals surface area contributed by atoms with Crippen molar-refractivity contribution in [2.45, 2.75) is 51.2 Å². The normalized spacial score (nSPS) is 24.4. The van der Waals surface area contributed by atoms with Crippen LogP contribution in [0.2, 0.25) is 0 Å². The van der Waals surface area contributed by atoms with Crippen molar-refractivity contribution in [3.8, 4) is 0 Å². The standard InChI is InChI=1S/C13H22N4O/c1-9-8-15-13(14-2)17-12(9)16-10-6-4-3-5-7-11(10)18/h8,10-11,18H,3-7H2,1-2H3,(H2,14,15,16,17). The van der Waals surface area contributed by atoms with E-state index in [0.717, 1.165) is 37.1 Å². The highest BCUT2D eigenvalue weighted by Gasteiger charge is 2.22. The molecule has 5 nitrogen and oxygen atoms in total. The van der Waals surface area contributed by atoms with Gasteiger partial charge in [-0.3, -0.25) is 0 Å². The monoisotopic (exact) mass is 250 g/mol. The van der Waals surface area contributed by atoms with Crippen LogP contribution < -0.4 is 10.6 Å². The number of hydrogen-bond acceptors (Lipinski definition) is 5. The van der Waals surface area contributed by atoms with E-state index < -0.39 is 0 Å². The van der Waals surface area contributed by atoms with Crippen molar-refractivity contribution in [2.75, 3.05) is 17.7 Å². The van der Waals surface area contributed by atoms with E-state index in [1.807, 2.05) is 6.92 Å². The highest BCUT2D eigenvalue weighted by molar-refractivity contribution is 5.47. The van der Waals surface area contributed by atoms with E-state index in [1.54, 1.807) is 13.2 Å². The maximum absolute atomic E-state index is 10.1. The molecular formula is C13H22N4O. The Hall–Kier alpha value is -1.36. The third kappa shape index (κ3) is 3.10. The summed E-state index contributed by atoms with van der Waals surface area (Å²) in [4.78, 5) is 8.57. The number of nitrogens with zero attached hydrogens (tertiary/aromatic N) is 2. The number of rotatable bonds is 3. The van der Waals surface area contributed by atoms with Crippen LogP contribution in [0.25, 0.3) is 0 Å². The molecule has 1 saturated carbocycles. The summed E-state index contributed by atoms with van der Waals surface area (Å²) in [5.74, 6) is 1.42. The van der Waals surface area contributed by atoms with E-state index >= 15 is 0 Å². The second-order valence-electron chi connectivity index (χ2n) is 4.93. The fourth-order valence-electron chi connectivity index (χ4n) is 2.34. The molecule has 0 saturated heterocycles. The van der Waals surface area contributed by atoms with Crippen molar-refractivity contribution in [1.29, 1.82) is 0 Å². The van der Waals surface area contributed by atoms with E-state index in [2.05, 4.69) is 20.6 Å². The van der Waals surface area contributed by atoms with E-state index in [0.29, 0.717) is 5.95 Å². The first-order valence-electron chi connectivity index (χ1n) is 6.66. The fourth-order valence-corrected chi connectivity index (χ4v) is 2.34. The van der Waals surface area contributed by atoms with Gasteiger partial charge in [0.2, 0.25) is 5.95 Å². The molecule has 1 aliphatic carbocycles. The highest BCUT2D eigenvalue weighted by atomic mass is 16.3. The van der Waals surface area contributed by atoms with Gasteiger partial charge >= 0.3 is 0 Å². The Bertz CT molecular complexity index is 397. The van der Waals surface area contributed by atoms with Crippen molar-refractivity contribution in [2.24, 2.45) is 0 Å². The number of aromatic nitrogens is 2.